The minimum Gasteiger partial charge on any atom is -0.359 e. The molecule has 10 heteroatoms. The summed E-state index contributed by atoms with van der Waals surface area (Å²) in [6, 6.07) is 1.25. The Balaban J connectivity index is 1.54. The number of carbonyl (C=O) groups excluding carboxylic acids is 1. The van der Waals surface area contributed by atoms with E-state index in [-0.39, 0.29) is 18.0 Å². The molecule has 1 unspecified atom stereocenters. The molecule has 10 nitrogen and oxygen atoms in total. The molecule has 29 heavy (non-hydrogen) atoms. The molecule has 0 saturated carbocycles. The summed E-state index contributed by atoms with van der Waals surface area (Å²) in [6.07, 6.45) is 7.22. The third-order valence-electron chi connectivity index (χ3n) is 5.04. The average molecular weight is 399 g/mol. The Labute approximate surface area is 168 Å². The number of likely N-dealkylation sites (tertiary alicyclic amines) is 1. The molecule has 3 aromatic heterocycles. The van der Waals surface area contributed by atoms with E-state index >= 15 is 0 Å². The summed E-state index contributed by atoms with van der Waals surface area (Å²) in [5, 5.41) is 15.1. The summed E-state index contributed by atoms with van der Waals surface area (Å²) in [6.45, 7) is 4.63. The minimum absolute atomic E-state index is 0.198. The molecule has 0 aromatic carbocycles. The molecule has 1 saturated heterocycles. The Morgan fingerprint density at radius 3 is 2.83 bits per heavy atom. The van der Waals surface area contributed by atoms with E-state index in [0.717, 1.165) is 37.0 Å². The zero-order chi connectivity index (χ0) is 20.4. The highest BCUT2D eigenvalue weighted by atomic mass is 16.5. The van der Waals surface area contributed by atoms with E-state index < -0.39 is 0 Å². The van der Waals surface area contributed by atoms with Gasteiger partial charge in [0.15, 0.2) is 11.6 Å². The number of nitrogens with zero attached hydrogens (tertiary/aromatic N) is 6. The van der Waals surface area contributed by atoms with Crippen molar-refractivity contribution >= 4 is 11.8 Å². The number of carbonyl (C=O) groups is 1. The summed E-state index contributed by atoms with van der Waals surface area (Å²) in [4.78, 5) is 19.3. The third kappa shape index (κ3) is 4.15. The van der Waals surface area contributed by atoms with Crippen molar-refractivity contribution in [3.63, 3.8) is 0 Å². The molecular weight excluding hydrogens is 374 g/mol. The second-order valence-corrected chi connectivity index (χ2v) is 7.62. The van der Waals surface area contributed by atoms with Gasteiger partial charge in [-0.25, -0.2) is 4.79 Å². The van der Waals surface area contributed by atoms with Crippen LogP contribution in [0, 0.1) is 0 Å². The highest BCUT2D eigenvalue weighted by molar-refractivity contribution is 5.88. The lowest BCUT2D eigenvalue weighted by Crippen LogP contribution is -2.38. The minimum atomic E-state index is -0.261. The molecular formula is C19H25N7O3. The zero-order valence-corrected chi connectivity index (χ0v) is 16.8. The van der Waals surface area contributed by atoms with Crippen LogP contribution in [-0.4, -0.2) is 42.6 Å². The van der Waals surface area contributed by atoms with E-state index in [1.165, 1.54) is 0 Å². The van der Waals surface area contributed by atoms with Gasteiger partial charge in [-0.3, -0.25) is 10.00 Å². The number of aromatic nitrogens is 5. The lowest BCUT2D eigenvalue weighted by molar-refractivity contribution is 0.184. The Bertz CT molecular complexity index is 974. The van der Waals surface area contributed by atoms with Gasteiger partial charge in [0.2, 0.25) is 0 Å². The maximum absolute atomic E-state index is 13.0. The van der Waals surface area contributed by atoms with Crippen molar-refractivity contribution in [2.75, 3.05) is 11.9 Å². The van der Waals surface area contributed by atoms with Crippen molar-refractivity contribution in [2.45, 2.75) is 51.5 Å². The van der Waals surface area contributed by atoms with Crippen LogP contribution in [0.3, 0.4) is 0 Å². The Morgan fingerprint density at radius 1 is 1.24 bits per heavy atom. The van der Waals surface area contributed by atoms with Crippen LogP contribution in [0.1, 0.15) is 63.1 Å². The molecule has 0 bridgehead atoms. The van der Waals surface area contributed by atoms with Crippen LogP contribution in [0.25, 0.3) is 11.5 Å². The van der Waals surface area contributed by atoms with Crippen LogP contribution < -0.4 is 5.32 Å². The average Bonchev–Trinajstić information content (AvgIpc) is 3.40. The molecule has 0 radical (unpaired) electrons. The summed E-state index contributed by atoms with van der Waals surface area (Å²) in [5.74, 6) is 2.24. The van der Waals surface area contributed by atoms with Gasteiger partial charge in [0.25, 0.3) is 5.89 Å². The molecule has 1 atom stereocenters. The van der Waals surface area contributed by atoms with Crippen LogP contribution in [0.5, 0.6) is 0 Å². The zero-order valence-electron chi connectivity index (χ0n) is 16.8. The number of aryl methyl sites for hydroxylation is 1. The predicted octanol–water partition coefficient (Wildman–Crippen LogP) is 3.73. The first-order valence-electron chi connectivity index (χ1n) is 9.88. The van der Waals surface area contributed by atoms with Crippen molar-refractivity contribution in [3.05, 3.63) is 30.0 Å². The lowest BCUT2D eigenvalue weighted by atomic mass is 10.1. The standard InChI is InChI=1S/C19H25N7O3/c1-12(2)15-9-16(23-28-15)21-19(27)26-8-6-4-5-7-14(26)17-22-18(29-24-17)13-10-20-25(3)11-13/h9-12,14H,4-8H2,1-3H3,(H,21,23,27). The molecule has 1 aliphatic rings. The van der Waals surface area contributed by atoms with Gasteiger partial charge in [-0.2, -0.15) is 10.1 Å². The highest BCUT2D eigenvalue weighted by Gasteiger charge is 2.31. The molecule has 154 valence electrons. The Hall–Kier alpha value is -3.17. The van der Waals surface area contributed by atoms with E-state index in [1.54, 1.807) is 21.8 Å². The second-order valence-electron chi connectivity index (χ2n) is 7.62. The number of amides is 2. The van der Waals surface area contributed by atoms with Crippen LogP contribution >= 0.6 is 0 Å². The molecule has 4 rings (SSSR count). The highest BCUT2D eigenvalue weighted by Crippen LogP contribution is 2.30. The number of rotatable bonds is 4. The van der Waals surface area contributed by atoms with E-state index in [4.69, 9.17) is 9.05 Å². The third-order valence-corrected chi connectivity index (χ3v) is 5.04. The van der Waals surface area contributed by atoms with Crippen molar-refractivity contribution in [1.29, 1.82) is 0 Å². The van der Waals surface area contributed by atoms with E-state index in [2.05, 4.69) is 25.7 Å². The van der Waals surface area contributed by atoms with Crippen LogP contribution in [0.2, 0.25) is 0 Å². The fourth-order valence-electron chi connectivity index (χ4n) is 3.44. The predicted molar refractivity (Wildman–Crippen MR) is 104 cm³/mol. The first-order valence-corrected chi connectivity index (χ1v) is 9.88. The largest absolute Gasteiger partial charge is 0.359 e. The van der Waals surface area contributed by atoms with Gasteiger partial charge < -0.3 is 13.9 Å². The van der Waals surface area contributed by atoms with Gasteiger partial charge in [0, 0.05) is 31.8 Å². The summed E-state index contributed by atoms with van der Waals surface area (Å²) in [5.41, 5.74) is 0.750. The van der Waals surface area contributed by atoms with Crippen molar-refractivity contribution in [2.24, 2.45) is 7.05 Å². The van der Waals surface area contributed by atoms with Gasteiger partial charge in [-0.05, 0) is 12.8 Å². The number of hydrogen-bond acceptors (Lipinski definition) is 7. The van der Waals surface area contributed by atoms with E-state index in [0.29, 0.717) is 24.1 Å². The van der Waals surface area contributed by atoms with Crippen LogP contribution in [-0.2, 0) is 7.05 Å². The summed E-state index contributed by atoms with van der Waals surface area (Å²) in [7, 11) is 1.83. The van der Waals surface area contributed by atoms with Gasteiger partial charge >= 0.3 is 6.03 Å². The molecule has 1 aliphatic heterocycles. The van der Waals surface area contributed by atoms with Gasteiger partial charge in [0.1, 0.15) is 5.76 Å². The lowest BCUT2D eigenvalue weighted by Gasteiger charge is -2.27. The smallest absolute Gasteiger partial charge is 0.323 e. The quantitative estimate of drug-likeness (QED) is 0.710. The molecule has 1 N–H and O–H groups in total. The second kappa shape index (κ2) is 8.06. The van der Waals surface area contributed by atoms with E-state index in [9.17, 15) is 4.79 Å². The van der Waals surface area contributed by atoms with Crippen LogP contribution in [0.15, 0.2) is 27.5 Å². The molecule has 2 amide bonds. The number of urea groups is 1. The van der Waals surface area contributed by atoms with Gasteiger partial charge in [-0.1, -0.05) is 37.0 Å². The number of anilines is 1. The van der Waals surface area contributed by atoms with Gasteiger partial charge in [0.05, 0.1) is 17.8 Å². The Morgan fingerprint density at radius 2 is 2.10 bits per heavy atom. The van der Waals surface area contributed by atoms with Gasteiger partial charge in [-0.15, -0.1) is 0 Å². The first kappa shape index (κ1) is 19.2. The van der Waals surface area contributed by atoms with Crippen molar-refractivity contribution in [1.82, 2.24) is 30.0 Å². The first-order chi connectivity index (χ1) is 14.0. The molecule has 4 heterocycles. The van der Waals surface area contributed by atoms with Crippen LogP contribution in [0.4, 0.5) is 10.6 Å². The fraction of sp³-hybridized carbons (Fsp3) is 0.526. The SMILES string of the molecule is CC(C)c1cc(NC(=O)N2CCCCCC2c2noc(-c3cnn(C)c3)n2)no1. The fourth-order valence-corrected chi connectivity index (χ4v) is 3.44. The molecule has 0 aliphatic carbocycles. The normalized spacial score (nSPS) is 17.5. The maximum Gasteiger partial charge on any atom is 0.323 e. The van der Waals surface area contributed by atoms with E-state index in [1.807, 2.05) is 27.1 Å². The summed E-state index contributed by atoms with van der Waals surface area (Å²) < 4.78 is 12.4. The number of hydrogen-bond donors (Lipinski definition) is 1. The molecule has 0 spiro atoms. The monoisotopic (exact) mass is 399 g/mol. The van der Waals surface area contributed by atoms with Crippen molar-refractivity contribution in [3.8, 4) is 11.5 Å². The Kier molecular flexibility index (Phi) is 5.32. The summed E-state index contributed by atoms with van der Waals surface area (Å²) >= 11 is 0. The molecule has 3 aromatic rings. The molecule has 1 fully saturated rings. The maximum atomic E-state index is 13.0. The van der Waals surface area contributed by atoms with Crippen molar-refractivity contribution < 1.29 is 13.8 Å². The number of nitrogens with one attached hydrogen (secondary N) is 1. The topological polar surface area (TPSA) is 115 Å².